The van der Waals surface area contributed by atoms with Gasteiger partial charge in [0.15, 0.2) is 5.65 Å². The molecule has 0 radical (unpaired) electrons. The molecule has 3 aromatic rings. The van der Waals surface area contributed by atoms with Crippen LogP contribution < -0.4 is 11.0 Å². The van der Waals surface area contributed by atoms with Crippen LogP contribution in [0.2, 0.25) is 10.0 Å². The Bertz CT molecular complexity index is 999. The molecule has 1 N–H and O–H groups in total. The first kappa shape index (κ1) is 17.4. The van der Waals surface area contributed by atoms with Crippen LogP contribution in [0, 0.1) is 5.82 Å². The zero-order chi connectivity index (χ0) is 18.0. The van der Waals surface area contributed by atoms with Gasteiger partial charge in [-0.3, -0.25) is 9.20 Å². The molecule has 9 heteroatoms. The summed E-state index contributed by atoms with van der Waals surface area (Å²) in [5, 5.41) is 6.74. The Labute approximate surface area is 151 Å². The number of aryl methyl sites for hydroxylation is 1. The maximum atomic E-state index is 13.5. The number of pyridine rings is 1. The molecule has 0 aliphatic heterocycles. The summed E-state index contributed by atoms with van der Waals surface area (Å²) in [6.07, 6.45) is 2.11. The van der Waals surface area contributed by atoms with Crippen LogP contribution in [0.1, 0.15) is 16.8 Å². The van der Waals surface area contributed by atoms with Crippen molar-refractivity contribution in [1.29, 1.82) is 0 Å². The predicted molar refractivity (Wildman–Crippen MR) is 92.8 cm³/mol. The predicted octanol–water partition coefficient (Wildman–Crippen LogP) is 2.76. The van der Waals surface area contributed by atoms with Crippen LogP contribution in [0.3, 0.4) is 0 Å². The number of nitrogens with zero attached hydrogens (tertiary/aromatic N) is 3. The summed E-state index contributed by atoms with van der Waals surface area (Å²) in [4.78, 5) is 24.2. The summed E-state index contributed by atoms with van der Waals surface area (Å²) in [5.41, 5.74) is 0.318. The summed E-state index contributed by atoms with van der Waals surface area (Å²) < 4.78 is 16.2. The van der Waals surface area contributed by atoms with E-state index in [2.05, 4.69) is 10.4 Å². The summed E-state index contributed by atoms with van der Waals surface area (Å²) in [6, 6.07) is 7.45. The number of rotatable bonds is 5. The minimum atomic E-state index is -0.715. The molecule has 0 atom stereocenters. The van der Waals surface area contributed by atoms with Gasteiger partial charge in [0, 0.05) is 19.3 Å². The quantitative estimate of drug-likeness (QED) is 0.544. The van der Waals surface area contributed by atoms with E-state index in [-0.39, 0.29) is 27.8 Å². The number of hydrogen-bond donors (Lipinski definition) is 1. The smallest absolute Gasteiger partial charge is 0.350 e. The van der Waals surface area contributed by atoms with Crippen LogP contribution in [0.15, 0.2) is 41.3 Å². The molecule has 130 valence electrons. The number of amides is 1. The fraction of sp³-hybridized carbons (Fsp3) is 0.188. The highest BCUT2D eigenvalue weighted by molar-refractivity contribution is 6.36. The van der Waals surface area contributed by atoms with Gasteiger partial charge in [-0.15, -0.1) is 5.10 Å². The van der Waals surface area contributed by atoms with Gasteiger partial charge in [-0.25, -0.2) is 13.9 Å². The summed E-state index contributed by atoms with van der Waals surface area (Å²) in [5.74, 6) is -1.23. The van der Waals surface area contributed by atoms with Crippen molar-refractivity contribution in [3.8, 4) is 0 Å². The first-order valence-corrected chi connectivity index (χ1v) is 8.20. The van der Waals surface area contributed by atoms with Gasteiger partial charge >= 0.3 is 5.69 Å². The van der Waals surface area contributed by atoms with Crippen molar-refractivity contribution in [3.63, 3.8) is 0 Å². The van der Waals surface area contributed by atoms with Crippen molar-refractivity contribution in [1.82, 2.24) is 19.5 Å². The Balaban J connectivity index is 1.59. The lowest BCUT2D eigenvalue weighted by atomic mass is 10.2. The van der Waals surface area contributed by atoms with Crippen LogP contribution in [0.5, 0.6) is 0 Å². The van der Waals surface area contributed by atoms with E-state index in [9.17, 15) is 14.0 Å². The van der Waals surface area contributed by atoms with E-state index in [1.54, 1.807) is 24.4 Å². The minimum absolute atomic E-state index is 0.00784. The molecule has 1 amide bonds. The zero-order valence-electron chi connectivity index (χ0n) is 12.9. The number of nitrogens with one attached hydrogen (secondary N) is 1. The first-order valence-electron chi connectivity index (χ1n) is 7.44. The highest BCUT2D eigenvalue weighted by atomic mass is 35.5. The van der Waals surface area contributed by atoms with Gasteiger partial charge < -0.3 is 5.32 Å². The Morgan fingerprint density at radius 1 is 1.24 bits per heavy atom. The van der Waals surface area contributed by atoms with Crippen molar-refractivity contribution in [2.75, 3.05) is 6.54 Å². The van der Waals surface area contributed by atoms with Crippen molar-refractivity contribution < 1.29 is 9.18 Å². The molecule has 2 aromatic heterocycles. The average Bonchev–Trinajstić information content (AvgIpc) is 2.91. The topological polar surface area (TPSA) is 68.4 Å². The van der Waals surface area contributed by atoms with Gasteiger partial charge in [0.1, 0.15) is 5.82 Å². The second kappa shape index (κ2) is 7.25. The SMILES string of the molecule is O=C(NCCCn1nc2ccccn2c1=O)c1cc(F)c(Cl)cc1Cl. The molecule has 0 fully saturated rings. The van der Waals surface area contributed by atoms with Crippen molar-refractivity contribution in [2.24, 2.45) is 0 Å². The molecule has 0 saturated carbocycles. The van der Waals surface area contributed by atoms with Crippen LogP contribution in [0.25, 0.3) is 5.65 Å². The van der Waals surface area contributed by atoms with Crippen LogP contribution in [-0.4, -0.2) is 26.6 Å². The van der Waals surface area contributed by atoms with E-state index < -0.39 is 11.7 Å². The third-order valence-electron chi connectivity index (χ3n) is 3.58. The first-order chi connectivity index (χ1) is 12.0. The fourth-order valence-electron chi connectivity index (χ4n) is 2.34. The lowest BCUT2D eigenvalue weighted by Crippen LogP contribution is -2.27. The molecule has 3 rings (SSSR count). The number of fused-ring (bicyclic) bond motifs is 1. The van der Waals surface area contributed by atoms with Crippen molar-refractivity contribution in [3.05, 3.63) is 68.4 Å². The molecule has 0 aliphatic carbocycles. The number of aromatic nitrogens is 3. The van der Waals surface area contributed by atoms with E-state index in [4.69, 9.17) is 23.2 Å². The van der Waals surface area contributed by atoms with E-state index in [0.717, 1.165) is 6.07 Å². The molecule has 6 nitrogen and oxygen atoms in total. The molecule has 0 aliphatic rings. The number of carbonyl (C=O) groups excluding carboxylic acids is 1. The Hall–Kier alpha value is -2.38. The second-order valence-electron chi connectivity index (χ2n) is 5.29. The molecular formula is C16H13Cl2FN4O2. The maximum Gasteiger partial charge on any atom is 0.350 e. The lowest BCUT2D eigenvalue weighted by molar-refractivity contribution is 0.0952. The van der Waals surface area contributed by atoms with Crippen LogP contribution in [0.4, 0.5) is 4.39 Å². The molecule has 0 unspecified atom stereocenters. The lowest BCUT2D eigenvalue weighted by Gasteiger charge is -2.07. The number of halogens is 3. The van der Waals surface area contributed by atoms with E-state index in [0.29, 0.717) is 18.6 Å². The van der Waals surface area contributed by atoms with Crippen LogP contribution in [-0.2, 0) is 6.54 Å². The molecule has 2 heterocycles. The van der Waals surface area contributed by atoms with Gasteiger partial charge in [-0.2, -0.15) is 0 Å². The van der Waals surface area contributed by atoms with E-state index >= 15 is 0 Å². The standard InChI is InChI=1S/C16H13Cl2FN4O2/c17-11-9-12(18)13(19)8-10(11)15(24)20-5-3-7-23-16(25)22-6-2-1-4-14(22)21-23/h1-2,4,6,8-9H,3,5,7H2,(H,20,24). The minimum Gasteiger partial charge on any atom is -0.352 e. The van der Waals surface area contributed by atoms with Gasteiger partial charge in [0.2, 0.25) is 0 Å². The van der Waals surface area contributed by atoms with E-state index in [1.807, 2.05) is 0 Å². The average molecular weight is 383 g/mol. The third kappa shape index (κ3) is 3.67. The molecule has 0 bridgehead atoms. The summed E-state index contributed by atoms with van der Waals surface area (Å²) in [7, 11) is 0. The molecule has 1 aromatic carbocycles. The molecular weight excluding hydrogens is 370 g/mol. The van der Waals surface area contributed by atoms with E-state index in [1.165, 1.54) is 15.1 Å². The van der Waals surface area contributed by atoms with Gasteiger partial charge in [-0.05, 0) is 30.7 Å². The molecule has 25 heavy (non-hydrogen) atoms. The highest BCUT2D eigenvalue weighted by Gasteiger charge is 2.14. The number of benzene rings is 1. The zero-order valence-corrected chi connectivity index (χ0v) is 14.4. The van der Waals surface area contributed by atoms with Crippen LogP contribution >= 0.6 is 23.2 Å². The maximum absolute atomic E-state index is 13.5. The monoisotopic (exact) mass is 382 g/mol. The molecule has 0 saturated heterocycles. The normalized spacial score (nSPS) is 11.0. The van der Waals surface area contributed by atoms with Crippen molar-refractivity contribution >= 4 is 34.8 Å². The summed E-state index contributed by atoms with van der Waals surface area (Å²) >= 11 is 11.5. The van der Waals surface area contributed by atoms with Crippen molar-refractivity contribution in [2.45, 2.75) is 13.0 Å². The Kier molecular flexibility index (Phi) is 5.06. The van der Waals surface area contributed by atoms with Gasteiger partial charge in [0.05, 0.1) is 15.6 Å². The number of hydrogen-bond acceptors (Lipinski definition) is 3. The number of carbonyl (C=O) groups is 1. The summed E-state index contributed by atoms with van der Waals surface area (Å²) in [6.45, 7) is 0.614. The second-order valence-corrected chi connectivity index (χ2v) is 6.10. The largest absolute Gasteiger partial charge is 0.352 e. The molecule has 0 spiro atoms. The highest BCUT2D eigenvalue weighted by Crippen LogP contribution is 2.24. The Morgan fingerprint density at radius 2 is 2.04 bits per heavy atom. The third-order valence-corrected chi connectivity index (χ3v) is 4.18. The fourth-order valence-corrected chi connectivity index (χ4v) is 2.81. The Morgan fingerprint density at radius 3 is 2.80 bits per heavy atom. The van der Waals surface area contributed by atoms with Gasteiger partial charge in [-0.1, -0.05) is 29.3 Å². The van der Waals surface area contributed by atoms with Gasteiger partial charge in [0.25, 0.3) is 5.91 Å².